The Labute approximate surface area is 242 Å². The molecular formula is C29H29N5O5S2. The van der Waals surface area contributed by atoms with Gasteiger partial charge in [0, 0.05) is 29.9 Å². The van der Waals surface area contributed by atoms with E-state index in [4.69, 9.17) is 4.74 Å². The number of sulfonamides is 1. The van der Waals surface area contributed by atoms with Crippen LogP contribution in [0, 0.1) is 0 Å². The number of rotatable bonds is 9. The molecule has 0 radical (unpaired) electrons. The Hall–Kier alpha value is -4.26. The number of nitrogens with one attached hydrogen (secondary N) is 2. The second kappa shape index (κ2) is 11.3. The third-order valence-electron chi connectivity index (χ3n) is 6.63. The molecule has 10 nitrogen and oxygen atoms in total. The molecule has 0 bridgehead atoms. The van der Waals surface area contributed by atoms with Gasteiger partial charge in [-0.05, 0) is 62.6 Å². The van der Waals surface area contributed by atoms with Crippen LogP contribution in [0.15, 0.2) is 66.2 Å². The van der Waals surface area contributed by atoms with Crippen molar-refractivity contribution in [3.05, 3.63) is 82.9 Å². The van der Waals surface area contributed by atoms with Crippen molar-refractivity contribution in [1.82, 2.24) is 9.88 Å². The molecule has 2 heterocycles. The van der Waals surface area contributed by atoms with Crippen LogP contribution in [-0.2, 0) is 19.6 Å². The molecule has 0 spiro atoms. The minimum absolute atomic E-state index is 0.313. The minimum atomic E-state index is -3.49. The third-order valence-corrected chi connectivity index (χ3v) is 8.62. The van der Waals surface area contributed by atoms with Crippen LogP contribution in [0.5, 0.6) is 0 Å². The minimum Gasteiger partial charge on any atom is -0.465 e. The molecule has 5 rings (SSSR count). The molecule has 0 atom stereocenters. The number of benzene rings is 3. The molecule has 4 aromatic rings. The van der Waals surface area contributed by atoms with Gasteiger partial charge in [-0.25, -0.2) is 18.2 Å². The predicted molar refractivity (Wildman–Crippen MR) is 164 cm³/mol. The Morgan fingerprint density at radius 1 is 1.02 bits per heavy atom. The van der Waals surface area contributed by atoms with Crippen LogP contribution in [0.25, 0.3) is 21.5 Å². The van der Waals surface area contributed by atoms with E-state index < -0.39 is 16.0 Å². The number of ether oxygens (including phenoxy) is 1. The number of nitrogens with zero attached hydrogens (tertiary/aromatic N) is 3. The van der Waals surface area contributed by atoms with E-state index in [2.05, 4.69) is 15.6 Å². The number of esters is 1. The number of aromatic nitrogens is 1. The van der Waals surface area contributed by atoms with E-state index in [9.17, 15) is 18.0 Å². The molecule has 0 unspecified atom stereocenters. The zero-order valence-electron chi connectivity index (χ0n) is 23.0. The summed E-state index contributed by atoms with van der Waals surface area (Å²) < 4.78 is 32.1. The molecule has 12 heteroatoms. The average Bonchev–Trinajstić information content (AvgIpc) is 3.53. The highest BCUT2D eigenvalue weighted by molar-refractivity contribution is 7.92. The molecule has 1 aliphatic heterocycles. The van der Waals surface area contributed by atoms with Crippen LogP contribution in [0.1, 0.15) is 21.5 Å². The molecule has 1 amide bonds. The molecule has 1 aromatic heterocycles. The number of fused-ring (bicyclic) bond motifs is 2. The Kier molecular flexibility index (Phi) is 7.80. The van der Waals surface area contributed by atoms with Crippen LogP contribution >= 0.6 is 11.3 Å². The standard InChI is InChI=1S/C29H29N5O5S2/c1-33(2)13-14-34(41(4,37)38)21-9-7-20(8-10-21)31-27(18-6-12-23-25(16-18)40-17-30-23)26-22-11-5-19(29(36)39-3)15-24(22)32-28(26)35/h5-12,15-17,31H,13-14H2,1-4H3,(H,32,35). The molecule has 41 heavy (non-hydrogen) atoms. The lowest BCUT2D eigenvalue weighted by atomic mass is 9.99. The largest absolute Gasteiger partial charge is 0.465 e. The van der Waals surface area contributed by atoms with Crippen LogP contribution in [-0.4, -0.2) is 70.7 Å². The summed E-state index contributed by atoms with van der Waals surface area (Å²) >= 11 is 1.50. The fraction of sp³-hybridized carbons (Fsp3) is 0.207. The van der Waals surface area contributed by atoms with Crippen molar-refractivity contribution >= 4 is 71.8 Å². The highest BCUT2D eigenvalue weighted by atomic mass is 32.2. The fourth-order valence-electron chi connectivity index (χ4n) is 4.59. The summed E-state index contributed by atoms with van der Waals surface area (Å²) in [5, 5.41) is 6.27. The normalized spacial score (nSPS) is 14.1. The van der Waals surface area contributed by atoms with Gasteiger partial charge in [-0.2, -0.15) is 0 Å². The highest BCUT2D eigenvalue weighted by Gasteiger charge is 2.30. The van der Waals surface area contributed by atoms with Gasteiger partial charge in [-0.15, -0.1) is 11.3 Å². The van der Waals surface area contributed by atoms with Crippen molar-refractivity contribution in [1.29, 1.82) is 0 Å². The molecule has 0 saturated carbocycles. The quantitative estimate of drug-likeness (QED) is 0.218. The number of hydrogen-bond acceptors (Lipinski definition) is 9. The van der Waals surface area contributed by atoms with E-state index >= 15 is 0 Å². The van der Waals surface area contributed by atoms with Crippen LogP contribution in [0.2, 0.25) is 0 Å². The van der Waals surface area contributed by atoms with Crippen molar-refractivity contribution in [2.75, 3.05) is 55.5 Å². The van der Waals surface area contributed by atoms with Gasteiger partial charge in [0.25, 0.3) is 5.91 Å². The lowest BCUT2D eigenvalue weighted by Crippen LogP contribution is -2.35. The molecule has 3 aromatic carbocycles. The number of anilines is 3. The van der Waals surface area contributed by atoms with Gasteiger partial charge in [-0.1, -0.05) is 12.1 Å². The van der Waals surface area contributed by atoms with Crippen molar-refractivity contribution in [3.63, 3.8) is 0 Å². The van der Waals surface area contributed by atoms with E-state index in [0.29, 0.717) is 52.5 Å². The van der Waals surface area contributed by atoms with E-state index in [1.165, 1.54) is 29.0 Å². The van der Waals surface area contributed by atoms with Gasteiger partial charge in [0.15, 0.2) is 0 Å². The fourth-order valence-corrected chi connectivity index (χ4v) is 6.22. The zero-order chi connectivity index (χ0) is 29.3. The molecule has 0 aliphatic carbocycles. The first-order valence-corrected chi connectivity index (χ1v) is 15.4. The maximum atomic E-state index is 13.4. The molecule has 0 saturated heterocycles. The number of carbonyl (C=O) groups excluding carboxylic acids is 2. The van der Waals surface area contributed by atoms with Crippen LogP contribution in [0.4, 0.5) is 17.1 Å². The average molecular weight is 592 g/mol. The van der Waals surface area contributed by atoms with E-state index in [-0.39, 0.29) is 5.91 Å². The SMILES string of the molecule is COC(=O)c1ccc2c(c1)NC(=O)C2=C(Nc1ccc(N(CCN(C)C)S(C)(=O)=O)cc1)c1ccc2ncsc2c1. The van der Waals surface area contributed by atoms with Gasteiger partial charge in [0.1, 0.15) is 0 Å². The first kappa shape index (κ1) is 28.3. The number of methoxy groups -OCH3 is 1. The summed E-state index contributed by atoms with van der Waals surface area (Å²) in [4.78, 5) is 31.7. The number of thiazole rings is 1. The molecule has 2 N–H and O–H groups in total. The number of likely N-dealkylation sites (N-methyl/N-ethyl adjacent to an activating group) is 1. The summed E-state index contributed by atoms with van der Waals surface area (Å²) in [6, 6.07) is 17.7. The van der Waals surface area contributed by atoms with Crippen LogP contribution < -0.4 is 14.9 Å². The lowest BCUT2D eigenvalue weighted by molar-refractivity contribution is -0.110. The summed E-state index contributed by atoms with van der Waals surface area (Å²) in [5.41, 5.74) is 7.03. The summed E-state index contributed by atoms with van der Waals surface area (Å²) in [6.45, 7) is 0.878. The number of carbonyl (C=O) groups is 2. The second-order valence-corrected chi connectivity index (χ2v) is 12.6. The van der Waals surface area contributed by atoms with E-state index in [0.717, 1.165) is 15.8 Å². The van der Waals surface area contributed by atoms with Crippen LogP contribution in [0.3, 0.4) is 0 Å². The van der Waals surface area contributed by atoms with E-state index in [1.807, 2.05) is 37.2 Å². The number of amides is 1. The molecule has 0 fully saturated rings. The summed E-state index contributed by atoms with van der Waals surface area (Å²) in [5.74, 6) is -0.820. The maximum absolute atomic E-state index is 13.4. The Bertz CT molecular complexity index is 1780. The lowest BCUT2D eigenvalue weighted by Gasteiger charge is -2.24. The molecular weight excluding hydrogens is 562 g/mol. The van der Waals surface area contributed by atoms with Crippen molar-refractivity contribution in [3.8, 4) is 0 Å². The first-order valence-electron chi connectivity index (χ1n) is 12.7. The number of hydrogen-bond donors (Lipinski definition) is 2. The summed E-state index contributed by atoms with van der Waals surface area (Å²) in [7, 11) is 1.60. The smallest absolute Gasteiger partial charge is 0.337 e. The van der Waals surface area contributed by atoms with Gasteiger partial charge >= 0.3 is 5.97 Å². The van der Waals surface area contributed by atoms with Gasteiger partial charge < -0.3 is 20.3 Å². The van der Waals surface area contributed by atoms with Gasteiger partial charge in [0.05, 0.1) is 57.3 Å². The van der Waals surface area contributed by atoms with Gasteiger partial charge in [0.2, 0.25) is 10.0 Å². The van der Waals surface area contributed by atoms with Crippen molar-refractivity contribution in [2.24, 2.45) is 0 Å². The summed E-state index contributed by atoms with van der Waals surface area (Å²) in [6.07, 6.45) is 1.19. The Morgan fingerprint density at radius 3 is 2.44 bits per heavy atom. The Balaban J connectivity index is 1.57. The van der Waals surface area contributed by atoms with Crippen molar-refractivity contribution in [2.45, 2.75) is 0 Å². The van der Waals surface area contributed by atoms with E-state index in [1.54, 1.807) is 48.0 Å². The van der Waals surface area contributed by atoms with Gasteiger partial charge in [-0.3, -0.25) is 9.10 Å². The zero-order valence-corrected chi connectivity index (χ0v) is 24.6. The first-order chi connectivity index (χ1) is 19.5. The molecule has 1 aliphatic rings. The van der Waals surface area contributed by atoms with Crippen molar-refractivity contribution < 1.29 is 22.7 Å². The Morgan fingerprint density at radius 2 is 1.76 bits per heavy atom. The monoisotopic (exact) mass is 591 g/mol. The third kappa shape index (κ3) is 5.94. The predicted octanol–water partition coefficient (Wildman–Crippen LogP) is 4.34. The maximum Gasteiger partial charge on any atom is 0.337 e. The topological polar surface area (TPSA) is 121 Å². The molecule has 212 valence electrons. The second-order valence-electron chi connectivity index (χ2n) is 9.80. The highest BCUT2D eigenvalue weighted by Crippen LogP contribution is 2.39.